The number of alkyl halides is 2. The topological polar surface area (TPSA) is 184 Å². The number of hydrogen-bond donors (Lipinski definition) is 4. The third-order valence-electron chi connectivity index (χ3n) is 5.41. The van der Waals surface area contributed by atoms with Gasteiger partial charge >= 0.3 is 0 Å². The Labute approximate surface area is 239 Å². The molecule has 1 amide bonds. The lowest BCUT2D eigenvalue weighted by molar-refractivity contribution is 0.0951. The summed E-state index contributed by atoms with van der Waals surface area (Å²) >= 11 is 0.804. The molecule has 0 fully saturated rings. The van der Waals surface area contributed by atoms with Crippen LogP contribution in [0.2, 0.25) is 0 Å². The van der Waals surface area contributed by atoms with Crippen molar-refractivity contribution < 1.29 is 24.5 Å². The maximum atomic E-state index is 13.6. The van der Waals surface area contributed by atoms with Crippen molar-refractivity contribution in [2.45, 2.75) is 18.8 Å². The minimum Gasteiger partial charge on any atom is -0.494 e. The highest BCUT2D eigenvalue weighted by molar-refractivity contribution is 8.14. The van der Waals surface area contributed by atoms with E-state index in [4.69, 9.17) is 26.4 Å². The van der Waals surface area contributed by atoms with E-state index in [0.717, 1.165) is 29.6 Å². The summed E-state index contributed by atoms with van der Waals surface area (Å²) in [6, 6.07) is 5.60. The molecule has 41 heavy (non-hydrogen) atoms. The number of hydrogen-bond acceptors (Lipinski definition) is 11. The van der Waals surface area contributed by atoms with E-state index in [1.54, 1.807) is 13.0 Å². The molecule has 0 aliphatic heterocycles. The molecular weight excluding hydrogens is 558 g/mol. The van der Waals surface area contributed by atoms with Gasteiger partial charge in [-0.05, 0) is 30.7 Å². The number of carbonyl (C=O) groups excluding carboxylic acids is 1. The predicted molar refractivity (Wildman–Crippen MR) is 155 cm³/mol. The summed E-state index contributed by atoms with van der Waals surface area (Å²) < 4.78 is 39.0. The van der Waals surface area contributed by atoms with Crippen molar-refractivity contribution >= 4 is 28.9 Å². The molecule has 0 aromatic carbocycles. The molecule has 0 radical (unpaired) electrons. The van der Waals surface area contributed by atoms with Crippen molar-refractivity contribution in [1.82, 2.24) is 19.9 Å². The lowest BCUT2D eigenvalue weighted by Gasteiger charge is -2.18. The Kier molecular flexibility index (Phi) is 10.7. The van der Waals surface area contributed by atoms with Gasteiger partial charge in [-0.15, -0.1) is 0 Å². The maximum Gasteiger partial charge on any atom is 0.280 e. The second kappa shape index (κ2) is 14.1. The molecule has 3 aromatic heterocycles. The van der Waals surface area contributed by atoms with Crippen LogP contribution in [0.5, 0.6) is 5.75 Å². The standard InChI is InChI=1S/C26H28F2N8O4S.H2/c1-14-4-5-36(23(37)6-14)22-8-16(17-7-19(24(27)28)33-12-20(17)39-3)18(11-34-22)25(38)35-26(31)41-21(30)13-40-15(9-29)10-32-2;/h4-12,24,26,30H,13,29,31H2,1-3H3,(H,35,38);1H/b15-9+,30-21?,32-10?;. The molecule has 0 aliphatic carbocycles. The number of aliphatic imine (C=N–C) groups is 1. The van der Waals surface area contributed by atoms with E-state index >= 15 is 0 Å². The number of methoxy groups -OCH3 is 1. The number of halogens is 2. The van der Waals surface area contributed by atoms with Crippen molar-refractivity contribution in [2.24, 2.45) is 16.5 Å². The second-order valence-corrected chi connectivity index (χ2v) is 9.53. The van der Waals surface area contributed by atoms with E-state index in [1.165, 1.54) is 55.7 Å². The number of amides is 1. The minimum absolute atomic E-state index is 0. The van der Waals surface area contributed by atoms with Gasteiger partial charge in [-0.3, -0.25) is 29.5 Å². The van der Waals surface area contributed by atoms with Crippen LogP contribution in [0.1, 0.15) is 29.5 Å². The van der Waals surface area contributed by atoms with Crippen molar-refractivity contribution in [3.8, 4) is 22.7 Å². The summed E-state index contributed by atoms with van der Waals surface area (Å²) in [5.74, 6) is -0.236. The molecular formula is C26H30F2N8O4S. The summed E-state index contributed by atoms with van der Waals surface area (Å²) in [6.07, 6.45) is 3.48. The van der Waals surface area contributed by atoms with Gasteiger partial charge in [0.15, 0.2) is 5.76 Å². The molecule has 218 valence electrons. The fraction of sp³-hybridized carbons (Fsp3) is 0.231. The SMILES string of the molecule is CN=C/C(=C\N)OCC(=N)SC(N)NC(=O)c1cnc(-n2ccc(C)cc2=O)cc1-c1cc(C(F)F)ncc1OC.[HH]. The molecule has 15 heteroatoms. The molecule has 3 heterocycles. The number of pyridine rings is 3. The highest BCUT2D eigenvalue weighted by Gasteiger charge is 2.23. The van der Waals surface area contributed by atoms with Crippen molar-refractivity contribution in [2.75, 3.05) is 20.8 Å². The van der Waals surface area contributed by atoms with Crippen LogP contribution in [0.25, 0.3) is 16.9 Å². The number of carbonyl (C=O) groups is 1. The smallest absolute Gasteiger partial charge is 0.280 e. The quantitative estimate of drug-likeness (QED) is 0.113. The van der Waals surface area contributed by atoms with E-state index in [2.05, 4.69) is 20.3 Å². The molecule has 0 bridgehead atoms. The van der Waals surface area contributed by atoms with Crippen molar-refractivity contribution in [1.29, 1.82) is 5.41 Å². The monoisotopic (exact) mass is 588 g/mol. The van der Waals surface area contributed by atoms with Crippen LogP contribution in [-0.2, 0) is 4.74 Å². The van der Waals surface area contributed by atoms with Crippen molar-refractivity contribution in [3.63, 3.8) is 0 Å². The van der Waals surface area contributed by atoms with Gasteiger partial charge < -0.3 is 26.3 Å². The number of ether oxygens (including phenoxy) is 2. The number of allylic oxidation sites excluding steroid dienone is 1. The van der Waals surface area contributed by atoms with E-state index in [-0.39, 0.29) is 52.7 Å². The molecule has 0 saturated carbocycles. The molecule has 3 rings (SSSR count). The zero-order valence-corrected chi connectivity index (χ0v) is 23.1. The Morgan fingerprint density at radius 3 is 2.68 bits per heavy atom. The van der Waals surface area contributed by atoms with Gasteiger partial charge in [-0.2, -0.15) is 0 Å². The maximum absolute atomic E-state index is 13.6. The van der Waals surface area contributed by atoms with Gasteiger partial charge in [-0.1, -0.05) is 11.8 Å². The van der Waals surface area contributed by atoms with Crippen LogP contribution < -0.4 is 27.1 Å². The molecule has 3 aromatic rings. The van der Waals surface area contributed by atoms with Crippen LogP contribution in [0, 0.1) is 12.3 Å². The summed E-state index contributed by atoms with van der Waals surface area (Å²) in [7, 11) is 2.86. The van der Waals surface area contributed by atoms with E-state index in [9.17, 15) is 18.4 Å². The largest absolute Gasteiger partial charge is 0.494 e. The predicted octanol–water partition coefficient (Wildman–Crippen LogP) is 2.99. The molecule has 0 saturated heterocycles. The van der Waals surface area contributed by atoms with E-state index in [0.29, 0.717) is 0 Å². The summed E-state index contributed by atoms with van der Waals surface area (Å²) in [5.41, 5.74) is 10.4. The number of nitrogens with zero attached hydrogens (tertiary/aromatic N) is 4. The van der Waals surface area contributed by atoms with Crippen LogP contribution in [0.3, 0.4) is 0 Å². The Morgan fingerprint density at radius 1 is 1.29 bits per heavy atom. The minimum atomic E-state index is -2.89. The van der Waals surface area contributed by atoms with Gasteiger partial charge in [0.25, 0.3) is 17.9 Å². The number of nitrogens with two attached hydrogens (primary N) is 2. The van der Waals surface area contributed by atoms with Gasteiger partial charge in [-0.25, -0.2) is 13.8 Å². The average Bonchev–Trinajstić information content (AvgIpc) is 2.94. The second-order valence-electron chi connectivity index (χ2n) is 8.29. The Hall–Kier alpha value is -4.63. The molecule has 1 atom stereocenters. The van der Waals surface area contributed by atoms with E-state index < -0.39 is 23.5 Å². The van der Waals surface area contributed by atoms with Crippen LogP contribution in [0.4, 0.5) is 8.78 Å². The Balaban J connectivity index is 0.00000616. The first-order valence-corrected chi connectivity index (χ1v) is 12.8. The Morgan fingerprint density at radius 2 is 2.05 bits per heavy atom. The fourth-order valence-corrected chi connectivity index (χ4v) is 4.13. The molecule has 0 spiro atoms. The fourth-order valence-electron chi connectivity index (χ4n) is 3.53. The first kappa shape index (κ1) is 30.9. The molecule has 0 aliphatic rings. The van der Waals surface area contributed by atoms with Crippen molar-refractivity contribution in [3.05, 3.63) is 82.0 Å². The molecule has 1 unspecified atom stereocenters. The highest BCUT2D eigenvalue weighted by atomic mass is 32.2. The average molecular weight is 589 g/mol. The zero-order chi connectivity index (χ0) is 30.1. The lowest BCUT2D eigenvalue weighted by Crippen LogP contribution is -2.40. The normalized spacial score (nSPS) is 12.4. The third-order valence-corrected chi connectivity index (χ3v) is 6.19. The van der Waals surface area contributed by atoms with Gasteiger partial charge in [0, 0.05) is 44.3 Å². The van der Waals surface area contributed by atoms with Crippen LogP contribution in [-0.4, -0.2) is 58.0 Å². The molecule has 6 N–H and O–H groups in total. The first-order valence-electron chi connectivity index (χ1n) is 11.9. The number of nitrogens with one attached hydrogen (secondary N) is 2. The molecule has 12 nitrogen and oxygen atoms in total. The van der Waals surface area contributed by atoms with Crippen LogP contribution in [0.15, 0.2) is 64.6 Å². The first-order chi connectivity index (χ1) is 19.6. The Bertz CT molecular complexity index is 1550. The number of thioether (sulfide) groups is 1. The number of aryl methyl sites for hydroxylation is 1. The summed E-state index contributed by atoms with van der Waals surface area (Å²) in [6.45, 7) is 1.58. The van der Waals surface area contributed by atoms with Gasteiger partial charge in [0.2, 0.25) is 0 Å². The number of rotatable bonds is 11. The number of aromatic nitrogens is 3. The summed E-state index contributed by atoms with van der Waals surface area (Å²) in [5, 5.41) is 10.6. The summed E-state index contributed by atoms with van der Waals surface area (Å²) in [4.78, 5) is 37.7. The lowest BCUT2D eigenvalue weighted by atomic mass is 10.00. The zero-order valence-electron chi connectivity index (χ0n) is 22.3. The third kappa shape index (κ3) is 7.95. The van der Waals surface area contributed by atoms with E-state index in [1.807, 2.05) is 0 Å². The van der Waals surface area contributed by atoms with Crippen LogP contribution >= 0.6 is 11.8 Å². The van der Waals surface area contributed by atoms with Gasteiger partial charge in [0.05, 0.1) is 25.1 Å². The van der Waals surface area contributed by atoms with Gasteiger partial charge in [0.1, 0.15) is 34.4 Å². The highest BCUT2D eigenvalue weighted by Crippen LogP contribution is 2.35.